The zero-order valence-electron chi connectivity index (χ0n) is 26.8. The lowest BCUT2D eigenvalue weighted by Gasteiger charge is -2.38. The number of halogens is 10. The molecule has 1 fully saturated rings. The standard InChI is InChI=1S/C22H25ClN8O.3C2HF3O2/c1-14(29-22-19-21(26-12-25-19)27-13-28-22)16-11-17(23)15-3-2-4-24-18(15)20(16)31-7-5-30(6-8-31)9-10-32;3*3-2(4,5)1(6)7/h2-4,11-14,32H,5-10H2,1H3,(H2,25,26,27,28,29);3*(H,6,7). The van der Waals surface area contributed by atoms with E-state index in [9.17, 15) is 44.6 Å². The van der Waals surface area contributed by atoms with Gasteiger partial charge in [-0.3, -0.25) is 9.88 Å². The van der Waals surface area contributed by atoms with Crippen molar-refractivity contribution in [3.05, 3.63) is 47.6 Å². The van der Waals surface area contributed by atoms with Gasteiger partial charge in [-0.2, -0.15) is 39.5 Å². The van der Waals surface area contributed by atoms with E-state index in [0.717, 1.165) is 48.3 Å². The molecule has 0 aliphatic carbocycles. The molecule has 53 heavy (non-hydrogen) atoms. The van der Waals surface area contributed by atoms with E-state index in [1.54, 1.807) is 6.33 Å². The number of aromatic nitrogens is 5. The highest BCUT2D eigenvalue weighted by molar-refractivity contribution is 6.36. The molecule has 4 heterocycles. The van der Waals surface area contributed by atoms with Crippen LogP contribution >= 0.6 is 11.6 Å². The summed E-state index contributed by atoms with van der Waals surface area (Å²) in [6, 6.07) is 5.85. The molecule has 6 N–H and O–H groups in total. The number of aliphatic hydroxyl groups excluding tert-OH is 1. The van der Waals surface area contributed by atoms with Crippen LogP contribution in [0.1, 0.15) is 18.5 Å². The van der Waals surface area contributed by atoms with Crippen LogP contribution in [0.25, 0.3) is 22.1 Å². The number of aliphatic hydroxyl groups is 1. The zero-order chi connectivity index (χ0) is 40.3. The highest BCUT2D eigenvalue weighted by atomic mass is 35.5. The molecule has 292 valence electrons. The van der Waals surface area contributed by atoms with Crippen molar-refractivity contribution in [3.63, 3.8) is 0 Å². The van der Waals surface area contributed by atoms with Crippen molar-refractivity contribution in [2.75, 3.05) is 49.5 Å². The molecule has 25 heteroatoms. The number of aromatic amines is 1. The maximum absolute atomic E-state index is 10.6. The maximum atomic E-state index is 10.6. The van der Waals surface area contributed by atoms with E-state index in [1.165, 1.54) is 6.33 Å². The van der Waals surface area contributed by atoms with Crippen LogP contribution in [0, 0.1) is 0 Å². The SMILES string of the molecule is CC(Nc1ncnc2[nH]cnc12)c1cc(Cl)c2cccnc2c1N1CCN(CCO)CC1.O=C(O)C(F)(F)F.O=C(O)C(F)(F)F.O=C(O)C(F)(F)F. The molecule has 0 saturated carbocycles. The third-order valence-corrected chi connectivity index (χ3v) is 7.03. The number of nitrogens with one attached hydrogen (secondary N) is 2. The molecule has 1 aliphatic heterocycles. The Balaban J connectivity index is 0.000000379. The Kier molecular flexibility index (Phi) is 15.3. The van der Waals surface area contributed by atoms with Gasteiger partial charge >= 0.3 is 36.4 Å². The first kappa shape index (κ1) is 43.9. The van der Waals surface area contributed by atoms with E-state index in [2.05, 4.69) is 42.0 Å². The topological polar surface area (TPSA) is 218 Å². The van der Waals surface area contributed by atoms with Crippen LogP contribution < -0.4 is 10.2 Å². The number of carbonyl (C=O) groups is 3. The van der Waals surface area contributed by atoms with Gasteiger partial charge in [0, 0.05) is 49.9 Å². The first-order chi connectivity index (χ1) is 24.5. The van der Waals surface area contributed by atoms with Gasteiger partial charge in [-0.25, -0.2) is 29.3 Å². The van der Waals surface area contributed by atoms with Crippen molar-refractivity contribution >= 4 is 63.1 Å². The second-order valence-electron chi connectivity index (χ2n) is 10.3. The predicted molar refractivity (Wildman–Crippen MR) is 167 cm³/mol. The van der Waals surface area contributed by atoms with Crippen LogP contribution in [0.3, 0.4) is 0 Å². The fourth-order valence-electron chi connectivity index (χ4n) is 4.36. The number of aliphatic carboxylic acids is 3. The zero-order valence-corrected chi connectivity index (χ0v) is 27.5. The average molecular weight is 795 g/mol. The van der Waals surface area contributed by atoms with Crippen LogP contribution in [-0.2, 0) is 14.4 Å². The largest absolute Gasteiger partial charge is 0.490 e. The number of hydrogen-bond acceptors (Lipinski definition) is 11. The van der Waals surface area contributed by atoms with E-state index in [1.807, 2.05) is 24.4 Å². The number of rotatable bonds is 6. The summed E-state index contributed by atoms with van der Waals surface area (Å²) in [5.41, 5.74) is 4.42. The second kappa shape index (κ2) is 18.5. The van der Waals surface area contributed by atoms with Gasteiger partial charge < -0.3 is 35.6 Å². The lowest BCUT2D eigenvalue weighted by Crippen LogP contribution is -2.47. The third kappa shape index (κ3) is 13.0. The first-order valence-corrected chi connectivity index (χ1v) is 14.8. The van der Waals surface area contributed by atoms with Crippen molar-refractivity contribution in [3.8, 4) is 0 Å². The van der Waals surface area contributed by atoms with Crippen molar-refractivity contribution in [1.29, 1.82) is 0 Å². The number of pyridine rings is 1. The van der Waals surface area contributed by atoms with Crippen molar-refractivity contribution in [2.45, 2.75) is 31.5 Å². The Hall–Kier alpha value is -5.23. The normalized spacial score (nSPS) is 14.2. The number of carboxylic acids is 3. The minimum absolute atomic E-state index is 0.0980. The number of benzene rings is 1. The summed E-state index contributed by atoms with van der Waals surface area (Å²) in [6.07, 6.45) is -10.3. The summed E-state index contributed by atoms with van der Waals surface area (Å²) in [5.74, 6) is -7.60. The molecule has 0 bridgehead atoms. The number of imidazole rings is 1. The molecule has 1 saturated heterocycles. The van der Waals surface area contributed by atoms with E-state index < -0.39 is 36.4 Å². The minimum Gasteiger partial charge on any atom is -0.475 e. The molecular formula is C28H28ClF9N8O7. The fourth-order valence-corrected chi connectivity index (χ4v) is 4.63. The summed E-state index contributed by atoms with van der Waals surface area (Å²) in [7, 11) is 0. The first-order valence-electron chi connectivity index (χ1n) is 14.4. The fraction of sp³-hybridized carbons (Fsp3) is 0.393. The molecule has 0 spiro atoms. The van der Waals surface area contributed by atoms with Gasteiger partial charge in [0.05, 0.1) is 35.2 Å². The van der Waals surface area contributed by atoms with Gasteiger partial charge in [-0.15, -0.1) is 0 Å². The molecule has 1 aromatic carbocycles. The van der Waals surface area contributed by atoms with Gasteiger partial charge in [0.1, 0.15) is 11.8 Å². The van der Waals surface area contributed by atoms with E-state index in [4.69, 9.17) is 46.3 Å². The van der Waals surface area contributed by atoms with Crippen LogP contribution in [0.4, 0.5) is 51.0 Å². The summed E-state index contributed by atoms with van der Waals surface area (Å²) < 4.78 is 95.2. The quantitative estimate of drug-likeness (QED) is 0.145. The molecule has 1 atom stereocenters. The molecule has 3 aromatic heterocycles. The van der Waals surface area contributed by atoms with Crippen molar-refractivity contribution in [2.24, 2.45) is 0 Å². The van der Waals surface area contributed by atoms with Crippen molar-refractivity contribution in [1.82, 2.24) is 29.8 Å². The number of hydrogen-bond donors (Lipinski definition) is 6. The number of piperazine rings is 1. The van der Waals surface area contributed by atoms with Crippen molar-refractivity contribution < 1.29 is 74.3 Å². The lowest BCUT2D eigenvalue weighted by atomic mass is 10.0. The number of β-amino-alcohol motifs (C(OH)–C–C–N with tert-alkyl or cyclic N) is 1. The molecular weight excluding hydrogens is 767 g/mol. The predicted octanol–water partition coefficient (Wildman–Crippen LogP) is 4.74. The summed E-state index contributed by atoms with van der Waals surface area (Å²) in [4.78, 5) is 52.0. The molecule has 1 unspecified atom stereocenters. The van der Waals surface area contributed by atoms with E-state index >= 15 is 0 Å². The summed E-state index contributed by atoms with van der Waals surface area (Å²) >= 11 is 6.70. The Morgan fingerprint density at radius 3 is 1.89 bits per heavy atom. The molecule has 0 amide bonds. The molecule has 0 radical (unpaired) electrons. The van der Waals surface area contributed by atoms with E-state index in [0.29, 0.717) is 28.5 Å². The minimum atomic E-state index is -5.08. The van der Waals surface area contributed by atoms with Crippen LogP contribution in [0.2, 0.25) is 5.02 Å². The number of nitrogens with zero attached hydrogens (tertiary/aromatic N) is 6. The number of H-pyrrole nitrogens is 1. The monoisotopic (exact) mass is 794 g/mol. The van der Waals surface area contributed by atoms with Gasteiger partial charge in [0.15, 0.2) is 11.5 Å². The number of alkyl halides is 9. The van der Waals surface area contributed by atoms with Crippen LogP contribution in [0.5, 0.6) is 0 Å². The van der Waals surface area contributed by atoms with E-state index in [-0.39, 0.29) is 12.6 Å². The number of carboxylic acid groups (broad SMARTS) is 3. The van der Waals surface area contributed by atoms with Gasteiger partial charge in [0.25, 0.3) is 0 Å². The molecule has 4 aromatic rings. The average Bonchev–Trinajstić information content (AvgIpc) is 3.55. The third-order valence-electron chi connectivity index (χ3n) is 6.71. The van der Waals surface area contributed by atoms with Crippen LogP contribution in [-0.4, -0.2) is 126 Å². The molecule has 15 nitrogen and oxygen atoms in total. The highest BCUT2D eigenvalue weighted by Crippen LogP contribution is 2.39. The number of anilines is 2. The molecule has 1 aliphatic rings. The smallest absolute Gasteiger partial charge is 0.475 e. The second-order valence-corrected chi connectivity index (χ2v) is 10.8. The Morgan fingerprint density at radius 2 is 1.40 bits per heavy atom. The van der Waals surface area contributed by atoms with Gasteiger partial charge in [0.2, 0.25) is 0 Å². The van der Waals surface area contributed by atoms with Crippen LogP contribution in [0.15, 0.2) is 37.1 Å². The Morgan fingerprint density at radius 1 is 0.868 bits per heavy atom. The van der Waals surface area contributed by atoms with Gasteiger partial charge in [-0.05, 0) is 25.1 Å². The highest BCUT2D eigenvalue weighted by Gasteiger charge is 2.39. The summed E-state index contributed by atoms with van der Waals surface area (Å²) in [5, 5.41) is 35.8. The lowest BCUT2D eigenvalue weighted by molar-refractivity contribution is -0.193. The Labute approximate surface area is 296 Å². The van der Waals surface area contributed by atoms with Gasteiger partial charge in [-0.1, -0.05) is 11.6 Å². The molecule has 5 rings (SSSR count). The summed E-state index contributed by atoms with van der Waals surface area (Å²) in [6.45, 7) is 6.45. The maximum Gasteiger partial charge on any atom is 0.490 e. The number of fused-ring (bicyclic) bond motifs is 2. The Bertz CT molecular complexity index is 1790.